The number of rotatable bonds is 13. The Hall–Kier alpha value is -2.78. The van der Waals surface area contributed by atoms with Crippen LogP contribution in [0.5, 0.6) is 5.75 Å². The normalized spacial score (nSPS) is 14.6. The monoisotopic (exact) mass is 577 g/mol. The highest BCUT2D eigenvalue weighted by Gasteiger charge is 2.31. The number of methoxy groups -OCH3 is 1. The Morgan fingerprint density at radius 2 is 1.79 bits per heavy atom. The highest BCUT2D eigenvalue weighted by Crippen LogP contribution is 2.27. The lowest BCUT2D eigenvalue weighted by molar-refractivity contribution is -0.141. The van der Waals surface area contributed by atoms with E-state index < -0.39 is 16.1 Å². The van der Waals surface area contributed by atoms with Crippen molar-refractivity contribution in [3.8, 4) is 5.75 Å². The van der Waals surface area contributed by atoms with Crippen molar-refractivity contribution in [2.45, 2.75) is 77.4 Å². The molecule has 2 aromatic rings. The van der Waals surface area contributed by atoms with E-state index in [1.54, 1.807) is 30.2 Å². The van der Waals surface area contributed by atoms with Crippen molar-refractivity contribution in [1.82, 2.24) is 10.2 Å². The van der Waals surface area contributed by atoms with Crippen LogP contribution in [0.3, 0.4) is 0 Å². The van der Waals surface area contributed by atoms with Gasteiger partial charge in [-0.3, -0.25) is 13.9 Å². The summed E-state index contributed by atoms with van der Waals surface area (Å²) < 4.78 is 31.8. The van der Waals surface area contributed by atoms with Crippen LogP contribution >= 0.6 is 11.6 Å². The van der Waals surface area contributed by atoms with E-state index in [1.165, 1.54) is 4.31 Å². The van der Waals surface area contributed by atoms with E-state index in [0.29, 0.717) is 22.9 Å². The molecule has 1 unspecified atom stereocenters. The van der Waals surface area contributed by atoms with Crippen molar-refractivity contribution < 1.29 is 22.7 Å². The molecule has 214 valence electrons. The van der Waals surface area contributed by atoms with Gasteiger partial charge in [-0.15, -0.1) is 0 Å². The number of benzene rings is 2. The van der Waals surface area contributed by atoms with E-state index in [1.807, 2.05) is 38.1 Å². The number of halogens is 1. The molecule has 0 spiro atoms. The summed E-state index contributed by atoms with van der Waals surface area (Å²) in [5.74, 6) is 0.369. The third kappa shape index (κ3) is 8.60. The Bertz CT molecular complexity index is 1230. The van der Waals surface area contributed by atoms with Crippen LogP contribution in [0.1, 0.15) is 63.0 Å². The largest absolute Gasteiger partial charge is 0.497 e. The number of nitrogens with one attached hydrogen (secondary N) is 1. The summed E-state index contributed by atoms with van der Waals surface area (Å²) in [6, 6.07) is 12.0. The molecule has 1 N–H and O–H groups in total. The highest BCUT2D eigenvalue weighted by molar-refractivity contribution is 7.92. The van der Waals surface area contributed by atoms with Gasteiger partial charge in [0.05, 0.1) is 19.1 Å². The van der Waals surface area contributed by atoms with Crippen molar-refractivity contribution in [3.05, 3.63) is 58.6 Å². The molecule has 2 aromatic carbocycles. The van der Waals surface area contributed by atoms with Crippen LogP contribution in [-0.2, 0) is 26.2 Å². The van der Waals surface area contributed by atoms with Crippen LogP contribution in [0.2, 0.25) is 5.02 Å². The van der Waals surface area contributed by atoms with Gasteiger partial charge in [-0.1, -0.05) is 49.6 Å². The fourth-order valence-corrected chi connectivity index (χ4v) is 6.23. The van der Waals surface area contributed by atoms with Crippen LogP contribution in [0.15, 0.2) is 42.5 Å². The number of ether oxygens (including phenoxy) is 1. The molecule has 1 atom stereocenters. The van der Waals surface area contributed by atoms with Crippen molar-refractivity contribution >= 4 is 39.1 Å². The Balaban J connectivity index is 1.78. The summed E-state index contributed by atoms with van der Waals surface area (Å²) in [6.45, 7) is 4.11. The third-order valence-electron chi connectivity index (χ3n) is 7.19. The minimum Gasteiger partial charge on any atom is -0.497 e. The molecule has 1 aliphatic rings. The van der Waals surface area contributed by atoms with Gasteiger partial charge in [0.1, 0.15) is 11.8 Å². The molecule has 1 saturated carbocycles. The number of hydrogen-bond donors (Lipinski definition) is 1. The van der Waals surface area contributed by atoms with E-state index in [4.69, 9.17) is 16.3 Å². The Morgan fingerprint density at radius 3 is 2.38 bits per heavy atom. The molecule has 10 heteroatoms. The van der Waals surface area contributed by atoms with Gasteiger partial charge in [0.25, 0.3) is 0 Å². The molecule has 1 fully saturated rings. The zero-order valence-electron chi connectivity index (χ0n) is 23.3. The van der Waals surface area contributed by atoms with Crippen LogP contribution in [0.25, 0.3) is 0 Å². The molecule has 39 heavy (non-hydrogen) atoms. The van der Waals surface area contributed by atoms with Gasteiger partial charge in [-0.25, -0.2) is 8.42 Å². The maximum atomic E-state index is 13.6. The van der Waals surface area contributed by atoms with E-state index >= 15 is 0 Å². The minimum atomic E-state index is -3.60. The van der Waals surface area contributed by atoms with Crippen LogP contribution in [0.4, 0.5) is 5.69 Å². The van der Waals surface area contributed by atoms with E-state index in [2.05, 4.69) is 5.32 Å². The topological polar surface area (TPSA) is 96.0 Å². The van der Waals surface area contributed by atoms with Gasteiger partial charge in [0, 0.05) is 30.6 Å². The van der Waals surface area contributed by atoms with Gasteiger partial charge in [-0.05, 0) is 68.0 Å². The second kappa shape index (κ2) is 14.0. The van der Waals surface area contributed by atoms with Gasteiger partial charge < -0.3 is 15.0 Å². The molecule has 0 bridgehead atoms. The summed E-state index contributed by atoms with van der Waals surface area (Å²) in [6.07, 6.45) is 6.10. The summed E-state index contributed by atoms with van der Waals surface area (Å²) in [4.78, 5) is 28.6. The molecular weight excluding hydrogens is 538 g/mol. The van der Waals surface area contributed by atoms with Crippen molar-refractivity contribution in [3.63, 3.8) is 0 Å². The standard InChI is InChI=1S/C29H40ClN3O5S/c1-5-26(29(35)31-24-9-6-7-10-24)32(20-22-13-16-25(38-3)17-14-22)28(34)11-8-18-33(39(4,36)37)27-19-23(30)15-12-21(27)2/h12-17,19,24,26H,5-11,18,20H2,1-4H3,(H,31,35). The number of aryl methyl sites for hydroxylation is 1. The fraction of sp³-hybridized carbons (Fsp3) is 0.517. The summed E-state index contributed by atoms with van der Waals surface area (Å²) >= 11 is 6.15. The van der Waals surface area contributed by atoms with Gasteiger partial charge in [0.15, 0.2) is 0 Å². The Morgan fingerprint density at radius 1 is 1.13 bits per heavy atom. The van der Waals surface area contributed by atoms with Crippen molar-refractivity contribution in [1.29, 1.82) is 0 Å². The van der Waals surface area contributed by atoms with E-state index in [-0.39, 0.29) is 43.8 Å². The number of carbonyl (C=O) groups is 2. The molecule has 0 aromatic heterocycles. The zero-order chi connectivity index (χ0) is 28.6. The van der Waals surface area contributed by atoms with Gasteiger partial charge in [0.2, 0.25) is 21.8 Å². The average Bonchev–Trinajstić information content (AvgIpc) is 3.40. The number of carbonyl (C=O) groups excluding carboxylic acids is 2. The molecule has 0 heterocycles. The van der Waals surface area contributed by atoms with Gasteiger partial charge >= 0.3 is 0 Å². The van der Waals surface area contributed by atoms with Crippen molar-refractivity contribution in [2.24, 2.45) is 0 Å². The second-order valence-electron chi connectivity index (χ2n) is 10.2. The first kappa shape index (κ1) is 30.8. The number of amides is 2. The highest BCUT2D eigenvalue weighted by atomic mass is 35.5. The van der Waals surface area contributed by atoms with Gasteiger partial charge in [-0.2, -0.15) is 0 Å². The molecule has 0 aliphatic heterocycles. The summed E-state index contributed by atoms with van der Waals surface area (Å²) in [5, 5.41) is 3.58. The number of anilines is 1. The Kier molecular flexibility index (Phi) is 11.1. The molecule has 0 radical (unpaired) electrons. The minimum absolute atomic E-state index is 0.0923. The molecule has 1 aliphatic carbocycles. The second-order valence-corrected chi connectivity index (χ2v) is 12.5. The number of nitrogens with zero attached hydrogens (tertiary/aromatic N) is 2. The quantitative estimate of drug-likeness (QED) is 0.358. The number of sulfonamides is 1. The van der Waals surface area contributed by atoms with Crippen molar-refractivity contribution in [2.75, 3.05) is 24.2 Å². The van der Waals surface area contributed by atoms with E-state index in [9.17, 15) is 18.0 Å². The number of hydrogen-bond acceptors (Lipinski definition) is 5. The molecule has 8 nitrogen and oxygen atoms in total. The first-order chi connectivity index (χ1) is 18.5. The van der Waals surface area contributed by atoms with E-state index in [0.717, 1.165) is 43.1 Å². The smallest absolute Gasteiger partial charge is 0.243 e. The molecular formula is C29H40ClN3O5S. The lowest BCUT2D eigenvalue weighted by atomic mass is 10.1. The Labute approximate surface area is 237 Å². The first-order valence-electron chi connectivity index (χ1n) is 13.5. The predicted molar refractivity (Wildman–Crippen MR) is 156 cm³/mol. The molecule has 0 saturated heterocycles. The predicted octanol–water partition coefficient (Wildman–Crippen LogP) is 5.07. The first-order valence-corrected chi connectivity index (χ1v) is 15.7. The molecule has 2 amide bonds. The van der Waals surface area contributed by atoms with Crippen LogP contribution < -0.4 is 14.4 Å². The average molecular weight is 578 g/mol. The van der Waals surface area contributed by atoms with Crippen LogP contribution in [0, 0.1) is 6.92 Å². The molecule has 3 rings (SSSR count). The maximum Gasteiger partial charge on any atom is 0.243 e. The SMILES string of the molecule is CCC(C(=O)NC1CCCC1)N(Cc1ccc(OC)cc1)C(=O)CCCN(c1cc(Cl)ccc1C)S(C)(=O)=O. The fourth-order valence-electron chi connectivity index (χ4n) is 5.05. The summed E-state index contributed by atoms with van der Waals surface area (Å²) in [5.41, 5.74) is 2.14. The lowest BCUT2D eigenvalue weighted by Gasteiger charge is -2.32. The summed E-state index contributed by atoms with van der Waals surface area (Å²) in [7, 11) is -2.01. The lowest BCUT2D eigenvalue weighted by Crippen LogP contribution is -2.51. The van der Waals surface area contributed by atoms with Crippen LogP contribution in [-0.4, -0.2) is 57.1 Å². The maximum absolute atomic E-state index is 13.6. The zero-order valence-corrected chi connectivity index (χ0v) is 24.9. The third-order valence-corrected chi connectivity index (χ3v) is 8.61.